The largest absolute Gasteiger partial charge is 0.496 e. The summed E-state index contributed by atoms with van der Waals surface area (Å²) >= 11 is 0. The van der Waals surface area contributed by atoms with Crippen molar-refractivity contribution in [1.29, 1.82) is 0 Å². The van der Waals surface area contributed by atoms with Crippen LogP contribution >= 0.6 is 0 Å². The fourth-order valence-electron chi connectivity index (χ4n) is 3.31. The lowest BCUT2D eigenvalue weighted by atomic mass is 9.68. The molecule has 3 heteroatoms. The number of carbonyl (C=O) groups is 1. The smallest absolute Gasteiger partial charge is 0.169 e. The molecular weight excluding hydrogens is 267 g/mol. The zero-order chi connectivity index (χ0) is 15.6. The molecule has 0 unspecified atom stereocenters. The highest BCUT2D eigenvalue weighted by Gasteiger charge is 2.33. The molecule has 21 heavy (non-hydrogen) atoms. The normalized spacial score (nSPS) is 22.9. The van der Waals surface area contributed by atoms with Gasteiger partial charge in [0.15, 0.2) is 5.78 Å². The molecule has 0 amide bonds. The van der Waals surface area contributed by atoms with E-state index in [0.29, 0.717) is 22.6 Å². The van der Waals surface area contributed by atoms with Crippen LogP contribution in [0.4, 0.5) is 4.39 Å². The van der Waals surface area contributed by atoms with E-state index < -0.39 is 0 Å². The van der Waals surface area contributed by atoms with Crippen molar-refractivity contribution in [1.82, 2.24) is 0 Å². The number of rotatable bonds is 3. The van der Waals surface area contributed by atoms with Crippen molar-refractivity contribution in [2.75, 3.05) is 7.11 Å². The van der Waals surface area contributed by atoms with Gasteiger partial charge in [0, 0.05) is 5.92 Å². The molecular formula is C18H25FO2. The molecule has 0 aliphatic heterocycles. The minimum atomic E-state index is -0.387. The Morgan fingerprint density at radius 2 is 1.81 bits per heavy atom. The molecule has 0 N–H and O–H groups in total. The molecule has 0 saturated heterocycles. The molecule has 1 saturated carbocycles. The number of halogens is 1. The van der Waals surface area contributed by atoms with E-state index in [-0.39, 0.29) is 17.5 Å². The third kappa shape index (κ3) is 3.63. The summed E-state index contributed by atoms with van der Waals surface area (Å²) in [5, 5.41) is 0. The van der Waals surface area contributed by atoms with E-state index >= 15 is 0 Å². The number of benzene rings is 1. The van der Waals surface area contributed by atoms with Gasteiger partial charge in [-0.15, -0.1) is 0 Å². The van der Waals surface area contributed by atoms with Gasteiger partial charge in [0.05, 0.1) is 12.7 Å². The Morgan fingerprint density at radius 1 is 1.19 bits per heavy atom. The molecule has 2 nitrogen and oxygen atoms in total. The number of methoxy groups -OCH3 is 1. The predicted molar refractivity (Wildman–Crippen MR) is 82.2 cm³/mol. The third-order valence-electron chi connectivity index (χ3n) is 4.75. The van der Waals surface area contributed by atoms with Gasteiger partial charge in [-0.1, -0.05) is 20.8 Å². The number of Topliss-reactive ketones (excluding diaryl/α,β-unsaturated/α-hetero) is 1. The topological polar surface area (TPSA) is 26.3 Å². The molecule has 1 aromatic rings. The number of carbonyl (C=O) groups excluding carboxylic acids is 1. The SMILES string of the molecule is COc1ccc(F)cc1C(=O)C1CCC(C(C)(C)C)CC1. The van der Waals surface area contributed by atoms with Gasteiger partial charge >= 0.3 is 0 Å². The van der Waals surface area contributed by atoms with E-state index in [0.717, 1.165) is 25.7 Å². The van der Waals surface area contributed by atoms with Crippen LogP contribution in [0.3, 0.4) is 0 Å². The molecule has 2 rings (SSSR count). The Morgan fingerprint density at radius 3 is 2.33 bits per heavy atom. The Labute approximate surface area is 126 Å². The van der Waals surface area contributed by atoms with Crippen molar-refractivity contribution in [3.05, 3.63) is 29.6 Å². The van der Waals surface area contributed by atoms with Crippen LogP contribution in [0.1, 0.15) is 56.8 Å². The minimum absolute atomic E-state index is 0.000648. The first-order valence-electron chi connectivity index (χ1n) is 7.70. The fraction of sp³-hybridized carbons (Fsp3) is 0.611. The van der Waals surface area contributed by atoms with Gasteiger partial charge < -0.3 is 4.74 Å². The summed E-state index contributed by atoms with van der Waals surface area (Å²) < 4.78 is 18.6. The molecule has 0 bridgehead atoms. The molecule has 1 aromatic carbocycles. The van der Waals surface area contributed by atoms with Crippen LogP contribution in [0.2, 0.25) is 0 Å². The molecule has 0 aromatic heterocycles. The maximum atomic E-state index is 13.4. The highest BCUT2D eigenvalue weighted by Crippen LogP contribution is 2.41. The average molecular weight is 292 g/mol. The van der Waals surface area contributed by atoms with E-state index in [1.165, 1.54) is 25.3 Å². The lowest BCUT2D eigenvalue weighted by molar-refractivity contribution is 0.0816. The van der Waals surface area contributed by atoms with Crippen LogP contribution < -0.4 is 4.74 Å². The van der Waals surface area contributed by atoms with Gasteiger partial charge in [0.1, 0.15) is 11.6 Å². The van der Waals surface area contributed by atoms with Crippen LogP contribution in [0.25, 0.3) is 0 Å². The first kappa shape index (κ1) is 16.0. The van der Waals surface area contributed by atoms with E-state index in [2.05, 4.69) is 20.8 Å². The van der Waals surface area contributed by atoms with Crippen molar-refractivity contribution in [3.63, 3.8) is 0 Å². The number of hydrogen-bond donors (Lipinski definition) is 0. The maximum Gasteiger partial charge on any atom is 0.169 e. The van der Waals surface area contributed by atoms with Gasteiger partial charge in [-0.3, -0.25) is 4.79 Å². The standard InChI is InChI=1S/C18H25FO2/c1-18(2,3)13-7-5-12(6-8-13)17(20)15-11-14(19)9-10-16(15)21-4/h9-13H,5-8H2,1-4H3. The summed E-state index contributed by atoms with van der Waals surface area (Å²) in [5.41, 5.74) is 0.682. The summed E-state index contributed by atoms with van der Waals surface area (Å²) in [6, 6.07) is 4.16. The second-order valence-corrected chi connectivity index (χ2v) is 7.12. The summed E-state index contributed by atoms with van der Waals surface area (Å²) in [7, 11) is 1.51. The van der Waals surface area contributed by atoms with E-state index in [1.807, 2.05) is 0 Å². The molecule has 0 atom stereocenters. The number of hydrogen-bond acceptors (Lipinski definition) is 2. The molecule has 0 spiro atoms. The zero-order valence-corrected chi connectivity index (χ0v) is 13.4. The van der Waals surface area contributed by atoms with Crippen molar-refractivity contribution >= 4 is 5.78 Å². The molecule has 1 aliphatic carbocycles. The number of ether oxygens (including phenoxy) is 1. The average Bonchev–Trinajstić information content (AvgIpc) is 2.45. The molecule has 1 aliphatic rings. The van der Waals surface area contributed by atoms with Crippen LogP contribution in [0, 0.1) is 23.1 Å². The second kappa shape index (κ2) is 6.17. The summed E-state index contributed by atoms with van der Waals surface area (Å²) in [4.78, 5) is 12.6. The number of ketones is 1. The van der Waals surface area contributed by atoms with Gasteiger partial charge in [-0.25, -0.2) is 4.39 Å². The van der Waals surface area contributed by atoms with E-state index in [9.17, 15) is 9.18 Å². The summed E-state index contributed by atoms with van der Waals surface area (Å²) in [6.45, 7) is 6.78. The van der Waals surface area contributed by atoms with E-state index in [1.54, 1.807) is 0 Å². The Balaban J connectivity index is 2.11. The first-order chi connectivity index (χ1) is 9.82. The molecule has 0 heterocycles. The fourth-order valence-corrected chi connectivity index (χ4v) is 3.31. The third-order valence-corrected chi connectivity index (χ3v) is 4.75. The highest BCUT2D eigenvalue weighted by atomic mass is 19.1. The van der Waals surface area contributed by atoms with Crippen LogP contribution in [-0.4, -0.2) is 12.9 Å². The van der Waals surface area contributed by atoms with Gasteiger partial charge in [0.2, 0.25) is 0 Å². The minimum Gasteiger partial charge on any atom is -0.496 e. The van der Waals surface area contributed by atoms with Crippen molar-refractivity contribution in [2.24, 2.45) is 17.3 Å². The summed E-state index contributed by atoms with van der Waals surface area (Å²) in [5.74, 6) is 0.774. The van der Waals surface area contributed by atoms with Crippen LogP contribution in [0.15, 0.2) is 18.2 Å². The Hall–Kier alpha value is -1.38. The summed E-state index contributed by atoms with van der Waals surface area (Å²) in [6.07, 6.45) is 3.91. The lowest BCUT2D eigenvalue weighted by Gasteiger charge is -2.36. The molecule has 116 valence electrons. The second-order valence-electron chi connectivity index (χ2n) is 7.12. The van der Waals surface area contributed by atoms with E-state index in [4.69, 9.17) is 4.74 Å². The van der Waals surface area contributed by atoms with Gasteiger partial charge in [0.25, 0.3) is 0 Å². The Bertz CT molecular complexity index is 508. The quantitative estimate of drug-likeness (QED) is 0.743. The Kier molecular flexibility index (Phi) is 4.70. The van der Waals surface area contributed by atoms with Gasteiger partial charge in [-0.05, 0) is 55.2 Å². The molecule has 0 radical (unpaired) electrons. The van der Waals surface area contributed by atoms with Crippen LogP contribution in [0.5, 0.6) is 5.75 Å². The molecule has 1 fully saturated rings. The lowest BCUT2D eigenvalue weighted by Crippen LogP contribution is -2.29. The highest BCUT2D eigenvalue weighted by molar-refractivity contribution is 6.00. The van der Waals surface area contributed by atoms with Crippen molar-refractivity contribution in [3.8, 4) is 5.75 Å². The monoisotopic (exact) mass is 292 g/mol. The zero-order valence-electron chi connectivity index (χ0n) is 13.4. The predicted octanol–water partition coefficient (Wildman–Crippen LogP) is 4.87. The van der Waals surface area contributed by atoms with Crippen LogP contribution in [-0.2, 0) is 0 Å². The van der Waals surface area contributed by atoms with Gasteiger partial charge in [-0.2, -0.15) is 0 Å². The first-order valence-corrected chi connectivity index (χ1v) is 7.70. The van der Waals surface area contributed by atoms with Crippen molar-refractivity contribution < 1.29 is 13.9 Å². The maximum absolute atomic E-state index is 13.4. The van der Waals surface area contributed by atoms with Crippen molar-refractivity contribution in [2.45, 2.75) is 46.5 Å².